The van der Waals surface area contributed by atoms with E-state index < -0.39 is 0 Å². The van der Waals surface area contributed by atoms with E-state index in [-0.39, 0.29) is 17.6 Å². The summed E-state index contributed by atoms with van der Waals surface area (Å²) < 4.78 is 5.73. The summed E-state index contributed by atoms with van der Waals surface area (Å²) in [6, 6.07) is 12.2. The van der Waals surface area contributed by atoms with Gasteiger partial charge in [-0.25, -0.2) is 0 Å². The largest absolute Gasteiger partial charge is 0.449 e. The molecule has 0 atom stereocenters. The summed E-state index contributed by atoms with van der Waals surface area (Å²) in [5.41, 5.74) is 1.87. The van der Waals surface area contributed by atoms with Gasteiger partial charge in [-0.1, -0.05) is 23.7 Å². The van der Waals surface area contributed by atoms with E-state index in [2.05, 4.69) is 5.32 Å². The molecule has 2 aromatic rings. The fraction of sp³-hybridized carbons (Fsp3) is 0.200. The van der Waals surface area contributed by atoms with Crippen molar-refractivity contribution in [1.82, 2.24) is 4.90 Å². The van der Waals surface area contributed by atoms with Gasteiger partial charge in [0.05, 0.1) is 5.69 Å². The van der Waals surface area contributed by atoms with Crippen molar-refractivity contribution in [2.75, 3.05) is 18.4 Å². The Morgan fingerprint density at radius 2 is 1.85 bits per heavy atom. The number of anilines is 1. The first-order valence-electron chi connectivity index (χ1n) is 8.50. The molecular formula is C20H17ClN2O3. The molecule has 1 N–H and O–H groups in total. The average molecular weight is 369 g/mol. The molecule has 0 aliphatic carbocycles. The Balaban J connectivity index is 1.58. The van der Waals surface area contributed by atoms with Crippen molar-refractivity contribution in [3.63, 3.8) is 0 Å². The maximum absolute atomic E-state index is 12.5. The maximum Gasteiger partial charge on any atom is 0.291 e. The van der Waals surface area contributed by atoms with Gasteiger partial charge < -0.3 is 15.0 Å². The molecule has 26 heavy (non-hydrogen) atoms. The van der Waals surface area contributed by atoms with E-state index in [0.29, 0.717) is 22.0 Å². The first kappa shape index (κ1) is 16.7. The lowest BCUT2D eigenvalue weighted by atomic mass is 10.1. The van der Waals surface area contributed by atoms with Crippen LogP contribution in [0.15, 0.2) is 48.2 Å². The van der Waals surface area contributed by atoms with Crippen LogP contribution in [0.5, 0.6) is 5.75 Å². The van der Waals surface area contributed by atoms with E-state index in [0.717, 1.165) is 31.5 Å². The van der Waals surface area contributed by atoms with Gasteiger partial charge in [-0.3, -0.25) is 9.59 Å². The lowest BCUT2D eigenvalue weighted by molar-refractivity contribution is -0.115. The smallest absolute Gasteiger partial charge is 0.291 e. The first-order valence-corrected chi connectivity index (χ1v) is 8.88. The lowest BCUT2D eigenvalue weighted by Gasteiger charge is -2.21. The summed E-state index contributed by atoms with van der Waals surface area (Å²) in [7, 11) is 0. The first-order chi connectivity index (χ1) is 12.6. The van der Waals surface area contributed by atoms with Crippen LogP contribution in [-0.2, 0) is 4.79 Å². The van der Waals surface area contributed by atoms with Gasteiger partial charge in [0.25, 0.3) is 11.8 Å². The number of carbonyl (C=O) groups is 2. The third kappa shape index (κ3) is 3.30. The molecule has 0 aromatic heterocycles. The number of rotatable bonds is 2. The fourth-order valence-electron chi connectivity index (χ4n) is 3.11. The second-order valence-electron chi connectivity index (χ2n) is 6.33. The number of nitrogens with one attached hydrogen (secondary N) is 1. The summed E-state index contributed by atoms with van der Waals surface area (Å²) >= 11 is 5.88. The highest BCUT2D eigenvalue weighted by Crippen LogP contribution is 2.33. The van der Waals surface area contributed by atoms with Crippen molar-refractivity contribution in [2.45, 2.75) is 12.8 Å². The van der Waals surface area contributed by atoms with Gasteiger partial charge in [0, 0.05) is 23.7 Å². The van der Waals surface area contributed by atoms with Crippen LogP contribution < -0.4 is 10.1 Å². The van der Waals surface area contributed by atoms with E-state index in [1.807, 2.05) is 4.90 Å². The van der Waals surface area contributed by atoms with Crippen LogP contribution in [0.1, 0.15) is 28.8 Å². The molecule has 5 nitrogen and oxygen atoms in total. The van der Waals surface area contributed by atoms with Gasteiger partial charge in [-0.05, 0) is 54.8 Å². The van der Waals surface area contributed by atoms with Gasteiger partial charge in [-0.2, -0.15) is 0 Å². The summed E-state index contributed by atoms with van der Waals surface area (Å²) in [6.07, 6.45) is 3.72. The molecule has 2 aliphatic rings. The molecule has 4 rings (SSSR count). The maximum atomic E-state index is 12.5. The van der Waals surface area contributed by atoms with Crippen LogP contribution in [0.25, 0.3) is 6.08 Å². The average Bonchev–Trinajstić information content (AvgIpc) is 3.18. The van der Waals surface area contributed by atoms with Crippen molar-refractivity contribution in [3.05, 3.63) is 64.4 Å². The second kappa shape index (κ2) is 6.84. The van der Waals surface area contributed by atoms with Gasteiger partial charge in [-0.15, -0.1) is 0 Å². The standard InChI is InChI=1S/C20H17ClN2O3/c21-15-6-3-13(4-7-15)11-18-19(24)22-16-12-14(5-8-17(16)26-18)20(25)23-9-1-2-10-23/h3-8,11-12H,1-2,9-10H2,(H,22,24)/b18-11-. The molecule has 6 heteroatoms. The Kier molecular flexibility index (Phi) is 4.39. The van der Waals surface area contributed by atoms with Gasteiger partial charge in [0.15, 0.2) is 11.5 Å². The number of benzene rings is 2. The van der Waals surface area contributed by atoms with Crippen LogP contribution in [0.3, 0.4) is 0 Å². The highest BCUT2D eigenvalue weighted by atomic mass is 35.5. The van der Waals surface area contributed by atoms with Crippen LogP contribution in [-0.4, -0.2) is 29.8 Å². The summed E-state index contributed by atoms with van der Waals surface area (Å²) in [4.78, 5) is 26.7. The van der Waals surface area contributed by atoms with Crippen LogP contribution in [0.4, 0.5) is 5.69 Å². The van der Waals surface area contributed by atoms with E-state index >= 15 is 0 Å². The Labute approximate surface area is 156 Å². The molecule has 1 fully saturated rings. The van der Waals surface area contributed by atoms with Gasteiger partial charge >= 0.3 is 0 Å². The number of halogens is 1. The molecule has 0 unspecified atom stereocenters. The van der Waals surface area contributed by atoms with Crippen molar-refractivity contribution < 1.29 is 14.3 Å². The monoisotopic (exact) mass is 368 g/mol. The molecule has 2 amide bonds. The van der Waals surface area contributed by atoms with Crippen LogP contribution in [0, 0.1) is 0 Å². The minimum atomic E-state index is -0.349. The number of likely N-dealkylation sites (tertiary alicyclic amines) is 1. The zero-order chi connectivity index (χ0) is 18.1. The third-order valence-electron chi connectivity index (χ3n) is 4.48. The van der Waals surface area contributed by atoms with Crippen molar-refractivity contribution in [1.29, 1.82) is 0 Å². The summed E-state index contributed by atoms with van der Waals surface area (Å²) in [5, 5.41) is 3.43. The van der Waals surface area contributed by atoms with Crippen molar-refractivity contribution in [2.24, 2.45) is 0 Å². The Bertz CT molecular complexity index is 900. The van der Waals surface area contributed by atoms with E-state index in [4.69, 9.17) is 16.3 Å². The van der Waals surface area contributed by atoms with Gasteiger partial charge in [0.2, 0.25) is 0 Å². The molecule has 0 spiro atoms. The van der Waals surface area contributed by atoms with Gasteiger partial charge in [0.1, 0.15) is 0 Å². The van der Waals surface area contributed by atoms with E-state index in [1.54, 1.807) is 48.5 Å². The lowest BCUT2D eigenvalue weighted by Crippen LogP contribution is -2.28. The topological polar surface area (TPSA) is 58.6 Å². The predicted octanol–water partition coefficient (Wildman–Crippen LogP) is 3.95. The minimum absolute atomic E-state index is 0.0120. The molecule has 0 radical (unpaired) electrons. The second-order valence-corrected chi connectivity index (χ2v) is 6.76. The molecule has 1 saturated heterocycles. The number of fused-ring (bicyclic) bond motifs is 1. The molecule has 2 aliphatic heterocycles. The molecule has 0 bridgehead atoms. The zero-order valence-electron chi connectivity index (χ0n) is 14.0. The number of nitrogens with zero attached hydrogens (tertiary/aromatic N) is 1. The molecule has 0 saturated carbocycles. The number of ether oxygens (including phenoxy) is 1. The normalized spacial score (nSPS) is 17.7. The number of amides is 2. The predicted molar refractivity (Wildman–Crippen MR) is 100 cm³/mol. The number of hydrogen-bond donors (Lipinski definition) is 1. The Morgan fingerprint density at radius 1 is 1.12 bits per heavy atom. The van der Waals surface area contributed by atoms with Crippen molar-refractivity contribution in [3.8, 4) is 5.75 Å². The highest BCUT2D eigenvalue weighted by molar-refractivity contribution is 6.30. The van der Waals surface area contributed by atoms with E-state index in [9.17, 15) is 9.59 Å². The quantitative estimate of drug-likeness (QED) is 0.816. The van der Waals surface area contributed by atoms with Crippen LogP contribution >= 0.6 is 11.6 Å². The Hall–Kier alpha value is -2.79. The number of hydrogen-bond acceptors (Lipinski definition) is 3. The Morgan fingerprint density at radius 3 is 2.58 bits per heavy atom. The fourth-order valence-corrected chi connectivity index (χ4v) is 3.23. The number of carbonyl (C=O) groups excluding carboxylic acids is 2. The SMILES string of the molecule is O=C1Nc2cc(C(=O)N3CCCC3)ccc2O/C1=C\c1ccc(Cl)cc1. The molecule has 2 aromatic carbocycles. The highest BCUT2D eigenvalue weighted by Gasteiger charge is 2.25. The van der Waals surface area contributed by atoms with Crippen LogP contribution in [0.2, 0.25) is 5.02 Å². The van der Waals surface area contributed by atoms with E-state index in [1.165, 1.54) is 0 Å². The third-order valence-corrected chi connectivity index (χ3v) is 4.73. The molecule has 132 valence electrons. The molecule has 2 heterocycles. The summed E-state index contributed by atoms with van der Waals surface area (Å²) in [5.74, 6) is 0.349. The summed E-state index contributed by atoms with van der Waals surface area (Å²) in [6.45, 7) is 1.57. The van der Waals surface area contributed by atoms with Crippen molar-refractivity contribution >= 4 is 35.2 Å². The minimum Gasteiger partial charge on any atom is -0.449 e. The zero-order valence-corrected chi connectivity index (χ0v) is 14.8. The molecular weight excluding hydrogens is 352 g/mol.